The molecule has 1 aliphatic rings. The fourth-order valence-electron chi connectivity index (χ4n) is 2.67. The lowest BCUT2D eigenvalue weighted by Crippen LogP contribution is -2.23. The first-order valence-electron chi connectivity index (χ1n) is 7.70. The van der Waals surface area contributed by atoms with Crippen molar-refractivity contribution < 1.29 is 30.9 Å². The third kappa shape index (κ3) is 3.81. The number of anilines is 1. The van der Waals surface area contributed by atoms with Crippen LogP contribution in [0, 0.1) is 15.9 Å². The van der Waals surface area contributed by atoms with E-state index in [1.54, 1.807) is 0 Å². The van der Waals surface area contributed by atoms with Crippen molar-refractivity contribution in [3.05, 3.63) is 63.5 Å². The normalized spacial score (nSPS) is 17.2. The Labute approximate surface area is 155 Å². The predicted molar refractivity (Wildman–Crippen MR) is 91.3 cm³/mol. The molecule has 0 aliphatic carbocycles. The molecule has 0 bridgehead atoms. The van der Waals surface area contributed by atoms with Gasteiger partial charge in [0.15, 0.2) is 9.84 Å². The van der Waals surface area contributed by atoms with Gasteiger partial charge < -0.3 is 0 Å². The number of nitrogens with zero attached hydrogens (tertiary/aromatic N) is 2. The van der Waals surface area contributed by atoms with Crippen molar-refractivity contribution in [1.29, 1.82) is 0 Å². The zero-order valence-corrected chi connectivity index (χ0v) is 14.6. The van der Waals surface area contributed by atoms with E-state index in [0.717, 1.165) is 24.3 Å². The molecular weight excluding hydrogens is 406 g/mol. The lowest BCUT2D eigenvalue weighted by molar-refractivity contribution is -0.384. The van der Waals surface area contributed by atoms with Crippen LogP contribution in [-0.4, -0.2) is 24.8 Å². The van der Waals surface area contributed by atoms with Gasteiger partial charge in [0.05, 0.1) is 26.8 Å². The summed E-state index contributed by atoms with van der Waals surface area (Å²) in [6.45, 7) is 0. The monoisotopic (exact) mass is 417 g/mol. The molecular formula is C16H11F4N3O4S. The van der Waals surface area contributed by atoms with Gasteiger partial charge in [-0.3, -0.25) is 15.5 Å². The Morgan fingerprint density at radius 2 is 1.86 bits per heavy atom. The average molecular weight is 417 g/mol. The highest BCUT2D eigenvalue weighted by atomic mass is 32.2. The molecule has 7 nitrogen and oxygen atoms in total. The van der Waals surface area contributed by atoms with E-state index in [4.69, 9.17) is 0 Å². The predicted octanol–water partition coefficient (Wildman–Crippen LogP) is 3.75. The second-order valence-electron chi connectivity index (χ2n) is 5.87. The number of rotatable bonds is 3. The molecule has 0 aromatic heterocycles. The maximum Gasteiger partial charge on any atom is 0.416 e. The molecule has 2 aromatic rings. The van der Waals surface area contributed by atoms with Crippen LogP contribution in [0.1, 0.15) is 17.5 Å². The molecule has 0 fully saturated rings. The summed E-state index contributed by atoms with van der Waals surface area (Å²) in [6, 6.07) is 4.89. The van der Waals surface area contributed by atoms with Crippen LogP contribution < -0.4 is 5.43 Å². The minimum absolute atomic E-state index is 0.00619. The lowest BCUT2D eigenvalue weighted by atomic mass is 10.1. The van der Waals surface area contributed by atoms with Crippen LogP contribution in [0.15, 0.2) is 46.4 Å². The number of hydrogen-bond acceptors (Lipinski definition) is 6. The molecule has 1 aliphatic heterocycles. The molecule has 0 amide bonds. The van der Waals surface area contributed by atoms with Gasteiger partial charge in [-0.1, -0.05) is 0 Å². The summed E-state index contributed by atoms with van der Waals surface area (Å²) in [6.07, 6.45) is -4.86. The number of benzene rings is 2. The summed E-state index contributed by atoms with van der Waals surface area (Å²) in [5, 5.41) is 15.0. The van der Waals surface area contributed by atoms with Gasteiger partial charge in [-0.05, 0) is 30.3 Å². The molecule has 2 aromatic carbocycles. The average Bonchev–Trinajstić information content (AvgIpc) is 2.59. The van der Waals surface area contributed by atoms with Crippen molar-refractivity contribution in [1.82, 2.24) is 0 Å². The maximum atomic E-state index is 13.5. The van der Waals surface area contributed by atoms with Crippen LogP contribution in [0.25, 0.3) is 0 Å². The van der Waals surface area contributed by atoms with Gasteiger partial charge in [0, 0.05) is 18.1 Å². The number of alkyl halides is 3. The Balaban J connectivity index is 2.01. The molecule has 0 spiro atoms. The summed E-state index contributed by atoms with van der Waals surface area (Å²) in [7, 11) is -3.63. The molecule has 0 unspecified atom stereocenters. The number of sulfone groups is 1. The number of halogens is 4. The van der Waals surface area contributed by atoms with Crippen LogP contribution in [0.3, 0.4) is 0 Å². The summed E-state index contributed by atoms with van der Waals surface area (Å²) < 4.78 is 76.0. The third-order valence-corrected chi connectivity index (χ3v) is 5.80. The van der Waals surface area contributed by atoms with Crippen molar-refractivity contribution in [3.63, 3.8) is 0 Å². The minimum atomic E-state index is -4.76. The fraction of sp³-hybridized carbons (Fsp3) is 0.188. The summed E-state index contributed by atoms with van der Waals surface area (Å²) in [4.78, 5) is 9.96. The van der Waals surface area contributed by atoms with E-state index in [9.17, 15) is 36.1 Å². The third-order valence-electron chi connectivity index (χ3n) is 4.03. The van der Waals surface area contributed by atoms with Crippen LogP contribution in [0.2, 0.25) is 0 Å². The van der Waals surface area contributed by atoms with Gasteiger partial charge in [-0.15, -0.1) is 0 Å². The van der Waals surface area contributed by atoms with Crippen LogP contribution in [0.4, 0.5) is 28.9 Å². The first kappa shape index (κ1) is 19.7. The Bertz CT molecular complexity index is 1100. The maximum absolute atomic E-state index is 13.5. The van der Waals surface area contributed by atoms with Crippen molar-refractivity contribution >= 4 is 26.9 Å². The van der Waals surface area contributed by atoms with Crippen LogP contribution in [0.5, 0.6) is 0 Å². The van der Waals surface area contributed by atoms with E-state index >= 15 is 0 Å². The van der Waals surface area contributed by atoms with Crippen LogP contribution in [-0.2, 0) is 16.0 Å². The number of hydrazone groups is 1. The topological polar surface area (TPSA) is 102 Å². The van der Waals surface area contributed by atoms with Gasteiger partial charge in [-0.2, -0.15) is 18.3 Å². The SMILES string of the molecule is O=[N+]([O-])c1cc(C(F)(F)F)ccc1N/N=C1/CCS(=O)(=O)c2ccc(F)cc21. The van der Waals surface area contributed by atoms with E-state index < -0.39 is 38.0 Å². The zero-order chi connectivity index (χ0) is 20.7. The molecule has 0 saturated heterocycles. The van der Waals surface area contributed by atoms with E-state index in [1.165, 1.54) is 0 Å². The van der Waals surface area contributed by atoms with E-state index in [2.05, 4.69) is 10.5 Å². The zero-order valence-electron chi connectivity index (χ0n) is 13.8. The van der Waals surface area contributed by atoms with E-state index in [1.807, 2.05) is 0 Å². The Hall–Kier alpha value is -3.02. The second kappa shape index (κ2) is 6.86. The highest BCUT2D eigenvalue weighted by molar-refractivity contribution is 7.91. The molecule has 148 valence electrons. The molecule has 1 heterocycles. The fourth-order valence-corrected chi connectivity index (χ4v) is 4.14. The van der Waals surface area contributed by atoms with Gasteiger partial charge in [0.1, 0.15) is 11.5 Å². The first-order valence-corrected chi connectivity index (χ1v) is 9.35. The van der Waals surface area contributed by atoms with Gasteiger partial charge in [-0.25, -0.2) is 12.8 Å². The highest BCUT2D eigenvalue weighted by Gasteiger charge is 2.33. The molecule has 0 radical (unpaired) electrons. The van der Waals surface area contributed by atoms with E-state index in [0.29, 0.717) is 12.1 Å². The number of hydrogen-bond donors (Lipinski definition) is 1. The summed E-state index contributed by atoms with van der Waals surface area (Å²) in [5.41, 5.74) is 0.0140. The highest BCUT2D eigenvalue weighted by Crippen LogP contribution is 2.35. The number of fused-ring (bicyclic) bond motifs is 1. The molecule has 3 rings (SSSR count). The molecule has 0 saturated carbocycles. The second-order valence-corrected chi connectivity index (χ2v) is 7.94. The Kier molecular flexibility index (Phi) is 4.83. The van der Waals surface area contributed by atoms with Gasteiger partial charge in [0.25, 0.3) is 5.69 Å². The van der Waals surface area contributed by atoms with Crippen LogP contribution >= 0.6 is 0 Å². The summed E-state index contributed by atoms with van der Waals surface area (Å²) >= 11 is 0. The van der Waals surface area contributed by atoms with Crippen molar-refractivity contribution in [2.75, 3.05) is 11.2 Å². The Morgan fingerprint density at radius 3 is 2.50 bits per heavy atom. The van der Waals surface area contributed by atoms with Crippen molar-refractivity contribution in [2.24, 2.45) is 5.10 Å². The quantitative estimate of drug-likeness (QED) is 0.355. The van der Waals surface area contributed by atoms with Crippen molar-refractivity contribution in [3.8, 4) is 0 Å². The smallest absolute Gasteiger partial charge is 0.271 e. The lowest BCUT2D eigenvalue weighted by Gasteiger charge is -2.18. The molecule has 1 N–H and O–H groups in total. The van der Waals surface area contributed by atoms with E-state index in [-0.39, 0.29) is 34.0 Å². The van der Waals surface area contributed by atoms with Gasteiger partial charge in [0.2, 0.25) is 0 Å². The number of nitrogens with one attached hydrogen (secondary N) is 1. The number of nitro benzene ring substituents is 1. The Morgan fingerprint density at radius 1 is 1.14 bits per heavy atom. The summed E-state index contributed by atoms with van der Waals surface area (Å²) in [5.74, 6) is -1.01. The minimum Gasteiger partial charge on any atom is -0.271 e. The first-order chi connectivity index (χ1) is 13.0. The standard InChI is InChI=1S/C16H11F4N3O4S/c17-10-2-4-15-11(8-10)12(5-6-28(15,26)27)21-22-13-3-1-9(16(18,19)20)7-14(13)23(24)25/h1-4,7-8,22H,5-6H2/b21-12-. The van der Waals surface area contributed by atoms with Gasteiger partial charge >= 0.3 is 6.18 Å². The molecule has 12 heteroatoms. The molecule has 28 heavy (non-hydrogen) atoms. The largest absolute Gasteiger partial charge is 0.416 e. The molecule has 0 atom stereocenters. The van der Waals surface area contributed by atoms with Crippen molar-refractivity contribution in [2.45, 2.75) is 17.5 Å². The number of nitro groups is 1.